The van der Waals surface area contributed by atoms with Crippen LogP contribution in [0.3, 0.4) is 0 Å². The average molecular weight is 208 g/mol. The molecule has 0 N–H and O–H groups in total. The largest absolute Gasteiger partial charge is 0.469 e. The molecule has 1 aromatic heterocycles. The van der Waals surface area contributed by atoms with Gasteiger partial charge >= 0.3 is 0 Å². The van der Waals surface area contributed by atoms with Gasteiger partial charge < -0.3 is 9.15 Å². The Labute approximate surface area is 91.6 Å². The van der Waals surface area contributed by atoms with Crippen LogP contribution in [0.15, 0.2) is 16.7 Å². The predicted molar refractivity (Wildman–Crippen MR) is 60.1 cm³/mol. The first kappa shape index (κ1) is 10.7. The zero-order valence-corrected chi connectivity index (χ0v) is 9.88. The second-order valence-corrected chi connectivity index (χ2v) is 4.92. The fourth-order valence-electron chi connectivity index (χ4n) is 2.46. The maximum atomic E-state index is 5.66. The molecule has 0 aromatic carbocycles. The lowest BCUT2D eigenvalue weighted by atomic mass is 9.85. The van der Waals surface area contributed by atoms with E-state index >= 15 is 0 Å². The van der Waals surface area contributed by atoms with Crippen molar-refractivity contribution < 1.29 is 9.15 Å². The summed E-state index contributed by atoms with van der Waals surface area (Å²) in [5.41, 5.74) is 1.25. The van der Waals surface area contributed by atoms with Gasteiger partial charge in [-0.15, -0.1) is 0 Å². The highest BCUT2D eigenvalue weighted by Gasteiger charge is 2.35. The third-order valence-electron chi connectivity index (χ3n) is 3.65. The van der Waals surface area contributed by atoms with E-state index in [1.807, 2.05) is 6.26 Å². The molecule has 84 valence electrons. The van der Waals surface area contributed by atoms with Gasteiger partial charge in [0.05, 0.1) is 11.9 Å². The molecule has 0 radical (unpaired) electrons. The maximum absolute atomic E-state index is 5.66. The van der Waals surface area contributed by atoms with E-state index in [0.717, 1.165) is 12.2 Å². The van der Waals surface area contributed by atoms with Crippen molar-refractivity contribution in [2.75, 3.05) is 7.11 Å². The highest BCUT2D eigenvalue weighted by atomic mass is 16.5. The molecular weight excluding hydrogens is 188 g/mol. The van der Waals surface area contributed by atoms with Gasteiger partial charge in [0.25, 0.3) is 0 Å². The fraction of sp³-hybridized carbons (Fsp3) is 0.692. The Morgan fingerprint density at radius 2 is 2.20 bits per heavy atom. The molecule has 0 amide bonds. The van der Waals surface area contributed by atoms with Crippen LogP contribution in [0.4, 0.5) is 0 Å². The third-order valence-corrected chi connectivity index (χ3v) is 3.65. The van der Waals surface area contributed by atoms with Crippen molar-refractivity contribution >= 4 is 0 Å². The summed E-state index contributed by atoms with van der Waals surface area (Å²) in [6.45, 7) is 4.30. The number of furan rings is 1. The van der Waals surface area contributed by atoms with Crippen LogP contribution < -0.4 is 0 Å². The molecule has 2 rings (SSSR count). The van der Waals surface area contributed by atoms with Gasteiger partial charge in [-0.1, -0.05) is 6.42 Å². The molecular formula is C13H20O2. The fourth-order valence-corrected chi connectivity index (χ4v) is 2.46. The molecule has 1 aliphatic rings. The first-order valence-electron chi connectivity index (χ1n) is 5.76. The molecule has 0 bridgehead atoms. The summed E-state index contributed by atoms with van der Waals surface area (Å²) in [6, 6.07) is 2.11. The van der Waals surface area contributed by atoms with Crippen LogP contribution >= 0.6 is 0 Å². The molecule has 15 heavy (non-hydrogen) atoms. The van der Waals surface area contributed by atoms with Crippen LogP contribution in [0.1, 0.15) is 50.4 Å². The van der Waals surface area contributed by atoms with Gasteiger partial charge in [-0.25, -0.2) is 0 Å². The van der Waals surface area contributed by atoms with Crippen LogP contribution in [-0.2, 0) is 11.2 Å². The lowest BCUT2D eigenvalue weighted by molar-refractivity contribution is -0.00937. The summed E-state index contributed by atoms with van der Waals surface area (Å²) >= 11 is 0. The molecule has 2 heteroatoms. The maximum Gasteiger partial charge on any atom is 0.112 e. The van der Waals surface area contributed by atoms with Crippen LogP contribution in [0.25, 0.3) is 0 Å². The van der Waals surface area contributed by atoms with Crippen molar-refractivity contribution in [2.24, 2.45) is 0 Å². The van der Waals surface area contributed by atoms with E-state index < -0.39 is 0 Å². The molecule has 0 fully saturated rings. The van der Waals surface area contributed by atoms with Gasteiger partial charge in [0.15, 0.2) is 0 Å². The highest BCUT2D eigenvalue weighted by Crippen LogP contribution is 2.39. The van der Waals surface area contributed by atoms with Crippen molar-refractivity contribution in [2.45, 2.75) is 51.0 Å². The molecule has 1 aliphatic carbocycles. The molecule has 1 atom stereocenters. The van der Waals surface area contributed by atoms with Crippen molar-refractivity contribution in [1.82, 2.24) is 0 Å². The minimum Gasteiger partial charge on any atom is -0.469 e. The summed E-state index contributed by atoms with van der Waals surface area (Å²) in [5.74, 6) is 1.55. The normalized spacial score (nSPS) is 22.2. The number of methoxy groups -OCH3 is 1. The average Bonchev–Trinajstić information content (AvgIpc) is 2.57. The Kier molecular flexibility index (Phi) is 2.87. The monoisotopic (exact) mass is 208 g/mol. The van der Waals surface area contributed by atoms with E-state index in [1.165, 1.54) is 24.8 Å². The Morgan fingerprint density at radius 3 is 2.93 bits per heavy atom. The number of rotatable bonds is 2. The SMILES string of the molecule is COC(C)(C)C1CCCCc2ccoc21. The summed E-state index contributed by atoms with van der Waals surface area (Å²) < 4.78 is 11.3. The van der Waals surface area contributed by atoms with E-state index in [-0.39, 0.29) is 5.60 Å². The molecule has 0 saturated carbocycles. The molecule has 0 aliphatic heterocycles. The third kappa shape index (κ3) is 1.96. The Morgan fingerprint density at radius 1 is 1.40 bits per heavy atom. The van der Waals surface area contributed by atoms with Crippen LogP contribution in [0.5, 0.6) is 0 Å². The standard InChI is InChI=1S/C13H20O2/c1-13(2,14-3)11-7-5-4-6-10-8-9-15-12(10)11/h8-9,11H,4-7H2,1-3H3. The number of aryl methyl sites for hydroxylation is 1. The minimum absolute atomic E-state index is 0.128. The van der Waals surface area contributed by atoms with Gasteiger partial charge in [0.1, 0.15) is 5.76 Å². The van der Waals surface area contributed by atoms with Gasteiger partial charge in [-0.3, -0.25) is 0 Å². The van der Waals surface area contributed by atoms with Crippen molar-refractivity contribution in [1.29, 1.82) is 0 Å². The minimum atomic E-state index is -0.128. The van der Waals surface area contributed by atoms with Crippen LogP contribution in [0.2, 0.25) is 0 Å². The number of hydrogen-bond acceptors (Lipinski definition) is 2. The quantitative estimate of drug-likeness (QED) is 0.694. The van der Waals surface area contributed by atoms with E-state index in [2.05, 4.69) is 19.9 Å². The van der Waals surface area contributed by atoms with Gasteiger partial charge in [-0.05, 0) is 44.7 Å². The molecule has 1 aromatic rings. The van der Waals surface area contributed by atoms with Crippen LogP contribution in [0, 0.1) is 0 Å². The first-order valence-corrected chi connectivity index (χ1v) is 5.76. The number of ether oxygens (including phenoxy) is 1. The summed E-state index contributed by atoms with van der Waals surface area (Å²) in [7, 11) is 1.79. The number of hydrogen-bond donors (Lipinski definition) is 0. The summed E-state index contributed by atoms with van der Waals surface area (Å²) in [5, 5.41) is 0. The van der Waals surface area contributed by atoms with E-state index in [9.17, 15) is 0 Å². The summed E-state index contributed by atoms with van der Waals surface area (Å²) in [4.78, 5) is 0. The van der Waals surface area contributed by atoms with Crippen molar-refractivity contribution in [3.8, 4) is 0 Å². The predicted octanol–water partition coefficient (Wildman–Crippen LogP) is 3.51. The van der Waals surface area contributed by atoms with E-state index in [4.69, 9.17) is 9.15 Å². The van der Waals surface area contributed by atoms with Crippen LogP contribution in [-0.4, -0.2) is 12.7 Å². The Bertz CT molecular complexity index is 325. The second-order valence-electron chi connectivity index (χ2n) is 4.92. The molecule has 2 nitrogen and oxygen atoms in total. The Hall–Kier alpha value is -0.760. The topological polar surface area (TPSA) is 22.4 Å². The lowest BCUT2D eigenvalue weighted by Gasteiger charge is -2.31. The van der Waals surface area contributed by atoms with Crippen molar-refractivity contribution in [3.63, 3.8) is 0 Å². The zero-order valence-electron chi connectivity index (χ0n) is 9.88. The smallest absolute Gasteiger partial charge is 0.112 e. The molecule has 1 unspecified atom stereocenters. The Balaban J connectivity index is 2.34. The second kappa shape index (κ2) is 4.01. The van der Waals surface area contributed by atoms with E-state index in [0.29, 0.717) is 5.92 Å². The summed E-state index contributed by atoms with van der Waals surface area (Å²) in [6.07, 6.45) is 6.67. The van der Waals surface area contributed by atoms with E-state index in [1.54, 1.807) is 7.11 Å². The van der Waals surface area contributed by atoms with Gasteiger partial charge in [0.2, 0.25) is 0 Å². The highest BCUT2D eigenvalue weighted by molar-refractivity contribution is 5.24. The van der Waals surface area contributed by atoms with Gasteiger partial charge in [-0.2, -0.15) is 0 Å². The first-order chi connectivity index (χ1) is 7.15. The van der Waals surface area contributed by atoms with Gasteiger partial charge in [0, 0.05) is 13.0 Å². The zero-order chi connectivity index (χ0) is 10.9. The lowest BCUT2D eigenvalue weighted by Crippen LogP contribution is -2.31. The molecule has 1 heterocycles. The molecule has 0 spiro atoms. The number of fused-ring (bicyclic) bond motifs is 1. The van der Waals surface area contributed by atoms with Crippen molar-refractivity contribution in [3.05, 3.63) is 23.7 Å². The molecule has 0 saturated heterocycles.